The van der Waals surface area contributed by atoms with Crippen LogP contribution in [-0.4, -0.2) is 10.9 Å². The number of ether oxygens (including phenoxy) is 1. The van der Waals surface area contributed by atoms with Crippen LogP contribution in [-0.2, 0) is 11.2 Å². The Bertz CT molecular complexity index is 993. The Balaban J connectivity index is 1.86. The van der Waals surface area contributed by atoms with Crippen molar-refractivity contribution in [3.63, 3.8) is 0 Å². The molecule has 0 aliphatic carbocycles. The summed E-state index contributed by atoms with van der Waals surface area (Å²) in [6.45, 7) is 3.90. The van der Waals surface area contributed by atoms with Crippen molar-refractivity contribution in [2.24, 2.45) is 0 Å². The number of nitrogens with zero attached hydrogens (tertiary/aromatic N) is 1. The van der Waals surface area contributed by atoms with Gasteiger partial charge in [0.1, 0.15) is 11.4 Å². The highest BCUT2D eigenvalue weighted by molar-refractivity contribution is 5.87. The number of halogens is 1. The molecular weight excluding hydrogens is 329 g/mol. The van der Waals surface area contributed by atoms with Crippen LogP contribution < -0.4 is 4.74 Å². The molecule has 1 aromatic heterocycles. The van der Waals surface area contributed by atoms with Gasteiger partial charge in [-0.25, -0.2) is 4.39 Å². The van der Waals surface area contributed by atoms with E-state index in [2.05, 4.69) is 0 Å². The third-order valence-electron chi connectivity index (χ3n) is 3.95. The summed E-state index contributed by atoms with van der Waals surface area (Å²) in [4.78, 5) is 22.4. The summed E-state index contributed by atoms with van der Waals surface area (Å²) in [6.07, 6.45) is 1.30. The molecule has 0 aliphatic rings. The van der Waals surface area contributed by atoms with E-state index in [1.54, 1.807) is 0 Å². The summed E-state index contributed by atoms with van der Waals surface area (Å²) >= 11 is 0. The fourth-order valence-corrected chi connectivity index (χ4v) is 2.51. The maximum atomic E-state index is 13.3. The molecule has 0 radical (unpaired) electrons. The number of nitro groups is 1. The highest BCUT2D eigenvalue weighted by atomic mass is 19.1. The Morgan fingerprint density at radius 2 is 1.96 bits per heavy atom. The van der Waals surface area contributed by atoms with E-state index in [0.29, 0.717) is 11.1 Å². The summed E-state index contributed by atoms with van der Waals surface area (Å²) in [5, 5.41) is 11.7. The Morgan fingerprint density at radius 1 is 1.24 bits per heavy atom. The van der Waals surface area contributed by atoms with Gasteiger partial charge in [0.05, 0.1) is 17.6 Å². The van der Waals surface area contributed by atoms with Gasteiger partial charge in [-0.1, -0.05) is 0 Å². The van der Waals surface area contributed by atoms with E-state index in [1.807, 2.05) is 26.0 Å². The zero-order valence-corrected chi connectivity index (χ0v) is 13.5. The second-order valence-electron chi connectivity index (χ2n) is 5.71. The molecular formula is C18H14FNO5. The van der Waals surface area contributed by atoms with E-state index < -0.39 is 28.1 Å². The summed E-state index contributed by atoms with van der Waals surface area (Å²) in [5.74, 6) is -1.89. The van der Waals surface area contributed by atoms with Gasteiger partial charge in [0.25, 0.3) is 0 Å². The predicted molar refractivity (Wildman–Crippen MR) is 88.1 cm³/mol. The number of esters is 1. The molecule has 6 nitrogen and oxygen atoms in total. The van der Waals surface area contributed by atoms with Crippen LogP contribution in [0.5, 0.6) is 5.75 Å². The molecule has 0 fully saturated rings. The van der Waals surface area contributed by atoms with Crippen molar-refractivity contribution < 1.29 is 23.3 Å². The van der Waals surface area contributed by atoms with Gasteiger partial charge < -0.3 is 9.15 Å². The van der Waals surface area contributed by atoms with Crippen molar-refractivity contribution in [3.8, 4) is 5.75 Å². The van der Waals surface area contributed by atoms with Crippen LogP contribution in [0.25, 0.3) is 11.0 Å². The second-order valence-corrected chi connectivity index (χ2v) is 5.71. The molecule has 25 heavy (non-hydrogen) atoms. The molecule has 0 saturated heterocycles. The van der Waals surface area contributed by atoms with Crippen LogP contribution in [0.15, 0.2) is 41.0 Å². The lowest BCUT2D eigenvalue weighted by molar-refractivity contribution is -0.385. The molecule has 3 aromatic rings. The van der Waals surface area contributed by atoms with Crippen molar-refractivity contribution in [2.45, 2.75) is 20.3 Å². The van der Waals surface area contributed by atoms with Gasteiger partial charge in [0.2, 0.25) is 5.75 Å². The summed E-state index contributed by atoms with van der Waals surface area (Å²) in [6, 6.07) is 6.48. The van der Waals surface area contributed by atoms with Gasteiger partial charge in [0.15, 0.2) is 0 Å². The SMILES string of the molecule is Cc1cc2occ(CC(=O)Oc3cc(F)ccc3[N+](=O)[O-])c2cc1C. The second kappa shape index (κ2) is 6.35. The third-order valence-corrected chi connectivity index (χ3v) is 3.95. The van der Waals surface area contributed by atoms with E-state index in [9.17, 15) is 19.3 Å². The fraction of sp³-hybridized carbons (Fsp3) is 0.167. The lowest BCUT2D eigenvalue weighted by Crippen LogP contribution is -2.12. The topological polar surface area (TPSA) is 82.6 Å². The quantitative estimate of drug-likeness (QED) is 0.306. The number of nitro benzene ring substituents is 1. The molecule has 0 bridgehead atoms. The van der Waals surface area contributed by atoms with Crippen LogP contribution in [0.1, 0.15) is 16.7 Å². The number of carbonyl (C=O) groups excluding carboxylic acids is 1. The van der Waals surface area contributed by atoms with Gasteiger partial charge in [-0.2, -0.15) is 0 Å². The highest BCUT2D eigenvalue weighted by Crippen LogP contribution is 2.29. The monoisotopic (exact) mass is 343 g/mol. The van der Waals surface area contributed by atoms with Crippen molar-refractivity contribution in [2.75, 3.05) is 0 Å². The van der Waals surface area contributed by atoms with Crippen molar-refractivity contribution >= 4 is 22.6 Å². The first kappa shape index (κ1) is 16.6. The average Bonchev–Trinajstić information content (AvgIpc) is 2.89. The molecule has 0 aliphatic heterocycles. The van der Waals surface area contributed by atoms with Crippen molar-refractivity contribution in [1.82, 2.24) is 0 Å². The van der Waals surface area contributed by atoms with Crippen LogP contribution in [0.3, 0.4) is 0 Å². The molecule has 0 spiro atoms. The Labute approximate surface area is 142 Å². The van der Waals surface area contributed by atoms with Crippen LogP contribution >= 0.6 is 0 Å². The van der Waals surface area contributed by atoms with E-state index >= 15 is 0 Å². The Kier molecular flexibility index (Phi) is 4.22. The predicted octanol–water partition coefficient (Wildman–Crippen LogP) is 4.25. The average molecular weight is 343 g/mol. The van der Waals surface area contributed by atoms with Gasteiger partial charge in [-0.15, -0.1) is 0 Å². The summed E-state index contributed by atoms with van der Waals surface area (Å²) in [7, 11) is 0. The number of fused-ring (bicyclic) bond motifs is 1. The standard InChI is InChI=1S/C18H14FNO5/c1-10-5-14-12(9-24-16(14)6-11(10)2)7-18(21)25-17-8-13(19)3-4-15(17)20(22)23/h3-6,8-9H,7H2,1-2H3. The minimum atomic E-state index is -0.741. The number of aryl methyl sites for hydroxylation is 2. The largest absolute Gasteiger partial charge is 0.464 e. The fourth-order valence-electron chi connectivity index (χ4n) is 2.51. The first-order valence-corrected chi connectivity index (χ1v) is 7.47. The number of rotatable bonds is 4. The van der Waals surface area contributed by atoms with Crippen LogP contribution in [0.2, 0.25) is 0 Å². The zero-order chi connectivity index (χ0) is 18.1. The van der Waals surface area contributed by atoms with E-state index in [4.69, 9.17) is 9.15 Å². The Morgan fingerprint density at radius 3 is 2.68 bits per heavy atom. The van der Waals surface area contributed by atoms with Crippen LogP contribution in [0, 0.1) is 29.8 Å². The van der Waals surface area contributed by atoms with Crippen molar-refractivity contribution in [1.29, 1.82) is 0 Å². The first-order chi connectivity index (χ1) is 11.8. The molecule has 0 N–H and O–H groups in total. The van der Waals surface area contributed by atoms with Crippen molar-refractivity contribution in [3.05, 3.63) is 69.2 Å². The molecule has 0 amide bonds. The number of furan rings is 1. The van der Waals surface area contributed by atoms with E-state index in [1.165, 1.54) is 6.26 Å². The third kappa shape index (κ3) is 3.35. The zero-order valence-electron chi connectivity index (χ0n) is 13.5. The minimum absolute atomic E-state index is 0.150. The maximum Gasteiger partial charge on any atom is 0.316 e. The molecule has 128 valence electrons. The maximum absolute atomic E-state index is 13.3. The molecule has 0 unspecified atom stereocenters. The summed E-state index contributed by atoms with van der Waals surface area (Å²) < 4.78 is 23.7. The number of benzene rings is 2. The summed E-state index contributed by atoms with van der Waals surface area (Å²) in [5.41, 5.74) is 2.87. The van der Waals surface area contributed by atoms with Gasteiger partial charge in [-0.05, 0) is 43.2 Å². The van der Waals surface area contributed by atoms with E-state index in [0.717, 1.165) is 34.7 Å². The number of carbonyl (C=O) groups is 1. The van der Waals surface area contributed by atoms with Crippen LogP contribution in [0.4, 0.5) is 10.1 Å². The van der Waals surface area contributed by atoms with Gasteiger partial charge in [0, 0.05) is 23.1 Å². The molecule has 0 saturated carbocycles. The lowest BCUT2D eigenvalue weighted by Gasteiger charge is -2.05. The highest BCUT2D eigenvalue weighted by Gasteiger charge is 2.20. The lowest BCUT2D eigenvalue weighted by atomic mass is 10.0. The van der Waals surface area contributed by atoms with Gasteiger partial charge in [-0.3, -0.25) is 14.9 Å². The molecule has 2 aromatic carbocycles. The number of hydrogen-bond acceptors (Lipinski definition) is 5. The molecule has 7 heteroatoms. The van der Waals surface area contributed by atoms with Gasteiger partial charge >= 0.3 is 11.7 Å². The first-order valence-electron chi connectivity index (χ1n) is 7.47. The number of hydrogen-bond donors (Lipinski definition) is 0. The van der Waals surface area contributed by atoms with E-state index in [-0.39, 0.29) is 6.42 Å². The smallest absolute Gasteiger partial charge is 0.316 e. The molecule has 1 heterocycles. The minimum Gasteiger partial charge on any atom is -0.464 e. The Hall–Kier alpha value is -3.22. The molecule has 3 rings (SSSR count). The molecule has 0 atom stereocenters. The normalized spacial score (nSPS) is 10.8.